The topological polar surface area (TPSA) is 116 Å². The summed E-state index contributed by atoms with van der Waals surface area (Å²) in [5, 5.41) is 0. The van der Waals surface area contributed by atoms with Gasteiger partial charge in [-0.1, -0.05) is 38.0 Å². The van der Waals surface area contributed by atoms with Crippen LogP contribution in [0.15, 0.2) is 48.7 Å². The smallest absolute Gasteiger partial charge is 0.410 e. The van der Waals surface area contributed by atoms with E-state index in [2.05, 4.69) is 32.9 Å². The number of rotatable bonds is 9. The van der Waals surface area contributed by atoms with Crippen LogP contribution in [0, 0.1) is 11.8 Å². The van der Waals surface area contributed by atoms with Crippen molar-refractivity contribution in [3.63, 3.8) is 0 Å². The Bertz CT molecular complexity index is 1730. The highest BCUT2D eigenvalue weighted by Gasteiger charge is 2.28. The second kappa shape index (κ2) is 14.8. The lowest BCUT2D eigenvalue weighted by Gasteiger charge is -2.30. The van der Waals surface area contributed by atoms with Crippen LogP contribution in [0.1, 0.15) is 104 Å². The molecule has 0 aliphatic rings. The first kappa shape index (κ1) is 35.1. The maximum atomic E-state index is 12.9. The van der Waals surface area contributed by atoms with E-state index in [1.165, 1.54) is 0 Å². The van der Waals surface area contributed by atoms with Crippen molar-refractivity contribution in [2.45, 2.75) is 98.9 Å². The second-order valence-corrected chi connectivity index (χ2v) is 13.7. The van der Waals surface area contributed by atoms with Crippen molar-refractivity contribution in [1.29, 1.82) is 0 Å². The van der Waals surface area contributed by atoms with Gasteiger partial charge in [-0.3, -0.25) is 4.90 Å². The minimum absolute atomic E-state index is 0.273. The molecule has 0 saturated heterocycles. The largest absolute Gasteiger partial charge is 0.444 e. The Labute approximate surface area is 278 Å². The van der Waals surface area contributed by atoms with E-state index in [4.69, 9.17) is 14.5 Å². The fourth-order valence-electron chi connectivity index (χ4n) is 4.96. The van der Waals surface area contributed by atoms with E-state index in [1.807, 2.05) is 98.7 Å². The molecule has 0 aliphatic heterocycles. The Balaban J connectivity index is 1.44. The number of fused-ring (bicyclic) bond motifs is 1. The summed E-state index contributed by atoms with van der Waals surface area (Å²) in [5.74, 6) is 7.69. The van der Waals surface area contributed by atoms with Gasteiger partial charge >= 0.3 is 12.2 Å². The van der Waals surface area contributed by atoms with Gasteiger partial charge in [-0.2, -0.15) is 0 Å². The maximum absolute atomic E-state index is 12.9. The van der Waals surface area contributed by atoms with E-state index in [1.54, 1.807) is 16.0 Å². The SMILES string of the molecule is CCCN(Cc1ncc(C#Cc2ccc(-c3ccc4nc(C(C)N(CCC)C(=O)OC(C)(C)C)[nH]c4c3)cc2)[nH]1)C(=O)OC(C)(C)C. The third kappa shape index (κ3) is 9.85. The second-order valence-electron chi connectivity index (χ2n) is 13.7. The number of nitrogens with one attached hydrogen (secondary N) is 2. The van der Waals surface area contributed by atoms with E-state index < -0.39 is 11.2 Å². The van der Waals surface area contributed by atoms with Crippen LogP contribution in [0.3, 0.4) is 0 Å². The minimum Gasteiger partial charge on any atom is -0.444 e. The molecule has 1 unspecified atom stereocenters. The zero-order chi connectivity index (χ0) is 34.4. The molecule has 47 heavy (non-hydrogen) atoms. The summed E-state index contributed by atoms with van der Waals surface area (Å²) in [6.07, 6.45) is 2.60. The maximum Gasteiger partial charge on any atom is 0.410 e. The molecule has 0 spiro atoms. The molecule has 10 heteroatoms. The van der Waals surface area contributed by atoms with Crippen molar-refractivity contribution in [2.24, 2.45) is 0 Å². The van der Waals surface area contributed by atoms with Crippen molar-refractivity contribution < 1.29 is 19.1 Å². The normalized spacial score (nSPS) is 12.3. The molecular weight excluding hydrogens is 592 g/mol. The van der Waals surface area contributed by atoms with Crippen molar-refractivity contribution in [1.82, 2.24) is 29.7 Å². The lowest BCUT2D eigenvalue weighted by atomic mass is 10.0. The summed E-state index contributed by atoms with van der Waals surface area (Å²) in [5.41, 5.74) is 4.22. The number of aromatic nitrogens is 4. The predicted octanol–water partition coefficient (Wildman–Crippen LogP) is 8.21. The molecule has 250 valence electrons. The molecule has 10 nitrogen and oxygen atoms in total. The molecule has 0 radical (unpaired) electrons. The van der Waals surface area contributed by atoms with Gasteiger partial charge in [0.1, 0.15) is 28.5 Å². The van der Waals surface area contributed by atoms with Gasteiger partial charge < -0.3 is 24.3 Å². The number of imidazole rings is 2. The summed E-state index contributed by atoms with van der Waals surface area (Å²) in [4.78, 5) is 44.8. The molecule has 0 aliphatic carbocycles. The molecule has 2 aromatic heterocycles. The summed E-state index contributed by atoms with van der Waals surface area (Å²) in [6, 6.07) is 13.9. The molecule has 2 N–H and O–H groups in total. The highest BCUT2D eigenvalue weighted by Crippen LogP contribution is 2.27. The van der Waals surface area contributed by atoms with E-state index in [0.717, 1.165) is 40.6 Å². The number of H-pyrrole nitrogens is 2. The number of carbonyl (C=O) groups is 2. The summed E-state index contributed by atoms with van der Waals surface area (Å²) < 4.78 is 11.2. The molecular formula is C37H48N6O4. The van der Waals surface area contributed by atoms with Gasteiger partial charge in [0.2, 0.25) is 0 Å². The van der Waals surface area contributed by atoms with Gasteiger partial charge in [-0.05, 0) is 103 Å². The van der Waals surface area contributed by atoms with Gasteiger partial charge in [-0.15, -0.1) is 0 Å². The van der Waals surface area contributed by atoms with Crippen molar-refractivity contribution in [2.75, 3.05) is 13.1 Å². The van der Waals surface area contributed by atoms with Crippen LogP contribution in [-0.2, 0) is 16.0 Å². The minimum atomic E-state index is -0.573. The van der Waals surface area contributed by atoms with Crippen molar-refractivity contribution in [3.8, 4) is 23.0 Å². The molecule has 2 aromatic carbocycles. The number of hydrogen-bond donors (Lipinski definition) is 2. The number of amides is 2. The fraction of sp³-hybridized carbons (Fsp3) is 0.459. The Morgan fingerprint density at radius 2 is 1.49 bits per heavy atom. The predicted molar refractivity (Wildman–Crippen MR) is 185 cm³/mol. The first-order valence-electron chi connectivity index (χ1n) is 16.3. The zero-order valence-corrected chi connectivity index (χ0v) is 29.2. The number of benzene rings is 2. The number of carbonyl (C=O) groups excluding carboxylic acids is 2. The monoisotopic (exact) mass is 640 g/mol. The molecule has 4 rings (SSSR count). The Kier molecular flexibility index (Phi) is 11.0. The molecule has 4 aromatic rings. The highest BCUT2D eigenvalue weighted by molar-refractivity contribution is 5.82. The molecule has 0 fully saturated rings. The van der Waals surface area contributed by atoms with Crippen LogP contribution >= 0.6 is 0 Å². The van der Waals surface area contributed by atoms with Gasteiger partial charge in [-0.25, -0.2) is 19.6 Å². The van der Waals surface area contributed by atoms with Crippen LogP contribution in [-0.4, -0.2) is 66.2 Å². The standard InChI is InChI=1S/C37H48N6O4/c1-10-20-42(34(44)46-36(4,5)6)24-32-38-23-29(39-32)18-14-26-12-15-27(16-13-26)28-17-19-30-31(22-28)41-33(40-30)25(3)43(21-11-2)35(45)47-37(7,8)9/h12-13,15-17,19,22-23,25H,10-11,20-21,24H2,1-9H3,(H,38,39)(H,40,41). The van der Waals surface area contributed by atoms with Crippen LogP contribution in [0.5, 0.6) is 0 Å². The molecule has 0 saturated carbocycles. The first-order chi connectivity index (χ1) is 22.2. The quantitative estimate of drug-likeness (QED) is 0.178. The van der Waals surface area contributed by atoms with Crippen LogP contribution < -0.4 is 0 Å². The van der Waals surface area contributed by atoms with E-state index in [9.17, 15) is 9.59 Å². The summed E-state index contributed by atoms with van der Waals surface area (Å²) >= 11 is 0. The van der Waals surface area contributed by atoms with Crippen molar-refractivity contribution >= 4 is 23.2 Å². The average Bonchev–Trinajstić information content (AvgIpc) is 3.63. The number of hydrogen-bond acceptors (Lipinski definition) is 6. The number of aromatic amines is 2. The Hall–Kier alpha value is -4.78. The average molecular weight is 641 g/mol. The lowest BCUT2D eigenvalue weighted by Crippen LogP contribution is -2.39. The highest BCUT2D eigenvalue weighted by atomic mass is 16.6. The van der Waals surface area contributed by atoms with Gasteiger partial charge in [0.15, 0.2) is 0 Å². The summed E-state index contributed by atoms with van der Waals surface area (Å²) in [6.45, 7) is 18.7. The molecule has 2 amide bonds. The molecule has 2 heterocycles. The fourth-order valence-corrected chi connectivity index (χ4v) is 4.96. The third-order valence-electron chi connectivity index (χ3n) is 7.13. The molecule has 0 bridgehead atoms. The number of ether oxygens (including phenoxy) is 2. The van der Waals surface area contributed by atoms with Crippen LogP contribution in [0.25, 0.3) is 22.2 Å². The first-order valence-corrected chi connectivity index (χ1v) is 16.3. The zero-order valence-electron chi connectivity index (χ0n) is 29.2. The van der Waals surface area contributed by atoms with Crippen LogP contribution in [0.2, 0.25) is 0 Å². The van der Waals surface area contributed by atoms with E-state index in [0.29, 0.717) is 37.0 Å². The Morgan fingerprint density at radius 1 is 0.851 bits per heavy atom. The Morgan fingerprint density at radius 3 is 2.13 bits per heavy atom. The molecule has 1 atom stereocenters. The third-order valence-corrected chi connectivity index (χ3v) is 7.13. The number of nitrogens with zero attached hydrogens (tertiary/aromatic N) is 4. The lowest BCUT2D eigenvalue weighted by molar-refractivity contribution is 0.0165. The van der Waals surface area contributed by atoms with E-state index >= 15 is 0 Å². The van der Waals surface area contributed by atoms with E-state index in [-0.39, 0.29) is 18.2 Å². The van der Waals surface area contributed by atoms with Gasteiger partial charge in [0, 0.05) is 18.7 Å². The van der Waals surface area contributed by atoms with Gasteiger partial charge in [0.05, 0.1) is 29.8 Å². The van der Waals surface area contributed by atoms with Gasteiger partial charge in [0.25, 0.3) is 0 Å². The summed E-state index contributed by atoms with van der Waals surface area (Å²) in [7, 11) is 0. The van der Waals surface area contributed by atoms with Crippen LogP contribution in [0.4, 0.5) is 9.59 Å². The van der Waals surface area contributed by atoms with Crippen molar-refractivity contribution in [3.05, 3.63) is 71.6 Å².